The van der Waals surface area contributed by atoms with Crippen LogP contribution in [-0.4, -0.2) is 48.8 Å². The van der Waals surface area contributed by atoms with Gasteiger partial charge in [0.05, 0.1) is 0 Å². The monoisotopic (exact) mass is 365 g/mol. The Morgan fingerprint density at radius 3 is 2.09 bits per heavy atom. The predicted octanol–water partition coefficient (Wildman–Crippen LogP) is 1.20. The molecule has 0 saturated carbocycles. The van der Waals surface area contributed by atoms with Crippen LogP contribution in [-0.2, 0) is 29.2 Å². The third-order valence-electron chi connectivity index (χ3n) is 2.38. The van der Waals surface area contributed by atoms with Gasteiger partial charge < -0.3 is 14.0 Å². The topological polar surface area (TPSA) is 110 Å². The second kappa shape index (κ2) is 7.25. The van der Waals surface area contributed by atoms with Gasteiger partial charge in [0.15, 0.2) is 22.8 Å². The molecule has 0 fully saturated rings. The lowest BCUT2D eigenvalue weighted by Gasteiger charge is -2.25. The number of hydrogen-bond acceptors (Lipinski definition) is 7. The van der Waals surface area contributed by atoms with E-state index in [4.69, 9.17) is 0 Å². The van der Waals surface area contributed by atoms with Crippen molar-refractivity contribution >= 4 is 22.1 Å². The van der Waals surface area contributed by atoms with Crippen LogP contribution < -0.4 is 0 Å². The first-order valence-electron chi connectivity index (χ1n) is 5.91. The zero-order valence-electron chi connectivity index (χ0n) is 12.0. The maximum atomic E-state index is 13.7. The Morgan fingerprint density at radius 1 is 1.26 bits per heavy atom. The molecule has 7 nitrogen and oxygen atoms in total. The van der Waals surface area contributed by atoms with E-state index in [0.29, 0.717) is 0 Å². The van der Waals surface area contributed by atoms with Gasteiger partial charge in [0.1, 0.15) is 0 Å². The number of ether oxygens (including phenoxy) is 2. The van der Waals surface area contributed by atoms with Crippen molar-refractivity contribution < 1.29 is 49.6 Å². The average molecular weight is 365 g/mol. The van der Waals surface area contributed by atoms with Gasteiger partial charge in [-0.05, 0) is 13.3 Å². The largest absolute Gasteiger partial charge is 0.743 e. The summed E-state index contributed by atoms with van der Waals surface area (Å²) in [6.07, 6.45) is -2.94. The van der Waals surface area contributed by atoms with Crippen LogP contribution in [0.4, 0.5) is 17.6 Å². The summed E-state index contributed by atoms with van der Waals surface area (Å²) in [5.74, 6) is -8.36. The molecular formula is C11H13F4O7S-. The predicted molar refractivity (Wildman–Crippen MR) is 65.5 cm³/mol. The highest BCUT2D eigenvalue weighted by Gasteiger charge is 2.52. The lowest BCUT2D eigenvalue weighted by Crippen LogP contribution is -2.46. The quantitative estimate of drug-likeness (QED) is 0.275. The summed E-state index contributed by atoms with van der Waals surface area (Å²) in [4.78, 5) is 22.4. The van der Waals surface area contributed by atoms with Crippen LogP contribution >= 0.6 is 0 Å². The molecule has 23 heavy (non-hydrogen) atoms. The molecule has 0 bridgehead atoms. The number of carbonyl (C=O) groups is 2. The molecule has 0 aliphatic heterocycles. The number of rotatable bonds is 8. The summed E-state index contributed by atoms with van der Waals surface area (Å²) in [6, 6.07) is 0. The second-order valence-electron chi connectivity index (χ2n) is 4.37. The van der Waals surface area contributed by atoms with Crippen molar-refractivity contribution in [2.24, 2.45) is 0 Å². The highest BCUT2D eigenvalue weighted by atomic mass is 32.2. The molecule has 0 heterocycles. The maximum Gasteiger partial charge on any atom is 0.381 e. The Morgan fingerprint density at radius 2 is 1.74 bits per heavy atom. The molecule has 0 rings (SSSR count). The minimum Gasteiger partial charge on any atom is -0.743 e. The number of alkyl halides is 4. The van der Waals surface area contributed by atoms with Crippen molar-refractivity contribution in [2.75, 3.05) is 6.61 Å². The average Bonchev–Trinajstić information content (AvgIpc) is 2.39. The van der Waals surface area contributed by atoms with E-state index in [2.05, 4.69) is 16.1 Å². The first kappa shape index (κ1) is 21.3. The van der Waals surface area contributed by atoms with Gasteiger partial charge in [0.25, 0.3) is 0 Å². The summed E-state index contributed by atoms with van der Waals surface area (Å²) < 4.78 is 91.2. The molecule has 0 amide bonds. The highest BCUT2D eigenvalue weighted by Crippen LogP contribution is 2.28. The molecule has 1 unspecified atom stereocenters. The molecule has 0 aliphatic rings. The number of carbonyl (C=O) groups excluding carboxylic acids is 2. The normalized spacial score (nSPS) is 14.0. The summed E-state index contributed by atoms with van der Waals surface area (Å²) in [5.41, 5.74) is -0.253. The zero-order chi connectivity index (χ0) is 18.6. The van der Waals surface area contributed by atoms with E-state index in [1.807, 2.05) is 0 Å². The smallest absolute Gasteiger partial charge is 0.381 e. The molecule has 0 saturated heterocycles. The van der Waals surface area contributed by atoms with Crippen LogP contribution in [0.25, 0.3) is 0 Å². The molecule has 0 radical (unpaired) electrons. The SMILES string of the molecule is C=C(C)C(=O)OC(CC)C(F)(F)C(=O)OCC(F)(F)S(=O)(=O)[O-]. The van der Waals surface area contributed by atoms with Gasteiger partial charge in [-0.15, -0.1) is 0 Å². The van der Waals surface area contributed by atoms with E-state index in [1.165, 1.54) is 0 Å². The van der Waals surface area contributed by atoms with E-state index in [1.54, 1.807) is 0 Å². The molecular weight excluding hydrogens is 352 g/mol. The van der Waals surface area contributed by atoms with Crippen molar-refractivity contribution in [2.45, 2.75) is 37.5 Å². The molecule has 0 aromatic heterocycles. The number of hydrogen-bond donors (Lipinski definition) is 0. The fourth-order valence-corrected chi connectivity index (χ4v) is 1.30. The van der Waals surface area contributed by atoms with Crippen LogP contribution in [0.2, 0.25) is 0 Å². The Bertz CT molecular complexity index is 585. The molecule has 0 spiro atoms. The Hall–Kier alpha value is -1.69. The molecule has 134 valence electrons. The molecule has 0 aromatic carbocycles. The lowest BCUT2D eigenvalue weighted by molar-refractivity contribution is -0.200. The lowest BCUT2D eigenvalue weighted by atomic mass is 10.1. The first-order chi connectivity index (χ1) is 10.2. The summed E-state index contributed by atoms with van der Waals surface area (Å²) in [5, 5.41) is -5.07. The van der Waals surface area contributed by atoms with E-state index < -0.39 is 52.4 Å². The molecule has 0 N–H and O–H groups in total. The fraction of sp³-hybridized carbons (Fsp3) is 0.636. The van der Waals surface area contributed by atoms with E-state index >= 15 is 0 Å². The van der Waals surface area contributed by atoms with E-state index in [-0.39, 0.29) is 5.57 Å². The van der Waals surface area contributed by atoms with Crippen molar-refractivity contribution in [3.05, 3.63) is 12.2 Å². The molecule has 12 heteroatoms. The first-order valence-corrected chi connectivity index (χ1v) is 7.32. The molecule has 1 atom stereocenters. The van der Waals surface area contributed by atoms with Gasteiger partial charge in [-0.1, -0.05) is 13.5 Å². The highest BCUT2D eigenvalue weighted by molar-refractivity contribution is 7.86. The summed E-state index contributed by atoms with van der Waals surface area (Å²) in [6.45, 7) is 2.99. The van der Waals surface area contributed by atoms with Crippen LogP contribution in [0, 0.1) is 0 Å². The minimum absolute atomic E-state index is 0.253. The van der Waals surface area contributed by atoms with Crippen molar-refractivity contribution in [1.29, 1.82) is 0 Å². The van der Waals surface area contributed by atoms with Crippen molar-refractivity contribution in [3.8, 4) is 0 Å². The van der Waals surface area contributed by atoms with E-state index in [9.17, 15) is 40.1 Å². The van der Waals surface area contributed by atoms with Crippen LogP contribution in [0.5, 0.6) is 0 Å². The third kappa shape index (κ3) is 5.46. The van der Waals surface area contributed by atoms with Gasteiger partial charge in [-0.2, -0.15) is 17.6 Å². The third-order valence-corrected chi connectivity index (χ3v) is 3.23. The molecule has 0 aromatic rings. The second-order valence-corrected chi connectivity index (χ2v) is 5.88. The summed E-state index contributed by atoms with van der Waals surface area (Å²) >= 11 is 0. The van der Waals surface area contributed by atoms with Crippen LogP contribution in [0.1, 0.15) is 20.3 Å². The van der Waals surface area contributed by atoms with Crippen molar-refractivity contribution in [1.82, 2.24) is 0 Å². The Kier molecular flexibility index (Phi) is 6.72. The fourth-order valence-electron chi connectivity index (χ4n) is 1.09. The maximum absolute atomic E-state index is 13.7. The minimum atomic E-state index is -6.20. The van der Waals surface area contributed by atoms with Crippen LogP contribution in [0.3, 0.4) is 0 Å². The van der Waals surface area contributed by atoms with E-state index in [0.717, 1.165) is 13.8 Å². The van der Waals surface area contributed by atoms with Gasteiger partial charge >= 0.3 is 23.1 Å². The Balaban J connectivity index is 5.08. The standard InChI is InChI=1S/C11H14F4O7S/c1-4-7(22-8(16)6(2)3)11(14,15)9(17)21-5-10(12,13)23(18,19)20/h7H,2,4-5H2,1,3H3,(H,18,19,20)/p-1. The van der Waals surface area contributed by atoms with Gasteiger partial charge in [-0.25, -0.2) is 18.0 Å². The van der Waals surface area contributed by atoms with Crippen LogP contribution in [0.15, 0.2) is 12.2 Å². The van der Waals surface area contributed by atoms with Gasteiger partial charge in [-0.3, -0.25) is 0 Å². The number of esters is 2. The van der Waals surface area contributed by atoms with Gasteiger partial charge in [0.2, 0.25) is 0 Å². The zero-order valence-corrected chi connectivity index (χ0v) is 12.8. The van der Waals surface area contributed by atoms with Gasteiger partial charge in [0, 0.05) is 5.57 Å². The summed E-state index contributed by atoms with van der Waals surface area (Å²) in [7, 11) is -6.20. The van der Waals surface area contributed by atoms with Crippen molar-refractivity contribution in [3.63, 3.8) is 0 Å². The molecule has 0 aliphatic carbocycles. The number of halogens is 4. The Labute approximate surface area is 129 Å².